The van der Waals surface area contributed by atoms with Gasteiger partial charge in [-0.05, 0) is 18.2 Å². The maximum Gasteiger partial charge on any atom is 0.282 e. The van der Waals surface area contributed by atoms with E-state index in [2.05, 4.69) is 15.3 Å². The number of nitrogens with two attached hydrogens (primary N) is 1. The average molecular weight is 336 g/mol. The lowest BCUT2D eigenvalue weighted by atomic mass is 10.1. The summed E-state index contributed by atoms with van der Waals surface area (Å²) in [6.07, 6.45) is -0.809. The van der Waals surface area contributed by atoms with Crippen LogP contribution in [0.1, 0.15) is 11.7 Å². The highest BCUT2D eigenvalue weighted by atomic mass is 16.6. The van der Waals surface area contributed by atoms with Crippen LogP contribution in [0.3, 0.4) is 0 Å². The zero-order valence-corrected chi connectivity index (χ0v) is 12.8. The quantitative estimate of drug-likeness (QED) is 0.540. The number of rotatable bonds is 2. The third-order valence-electron chi connectivity index (χ3n) is 3.99. The molecule has 25 heavy (non-hydrogen) atoms. The molecule has 0 fully saturated rings. The molecule has 1 aliphatic heterocycles. The highest BCUT2D eigenvalue weighted by Crippen LogP contribution is 2.34. The summed E-state index contributed by atoms with van der Waals surface area (Å²) in [5.74, 6) is 0.227. The first-order chi connectivity index (χ1) is 12.1. The molecular formula is C16H12N6O3. The zero-order valence-electron chi connectivity index (χ0n) is 12.8. The third-order valence-corrected chi connectivity index (χ3v) is 3.99. The van der Waals surface area contributed by atoms with E-state index in [9.17, 15) is 14.9 Å². The Morgan fingerprint density at radius 1 is 1.16 bits per heavy atom. The minimum atomic E-state index is -0.809. The molecule has 1 unspecified atom stereocenters. The monoisotopic (exact) mass is 336 g/mol. The highest BCUT2D eigenvalue weighted by molar-refractivity contribution is 5.93. The molecule has 1 aliphatic rings. The molecule has 124 valence electrons. The number of nitrogens with one attached hydrogen (secondary N) is 1. The van der Waals surface area contributed by atoms with E-state index < -0.39 is 16.6 Å². The number of aromatic nitrogens is 2. The molecule has 0 radical (unpaired) electrons. The summed E-state index contributed by atoms with van der Waals surface area (Å²) in [6, 6.07) is 13.2. The summed E-state index contributed by atoms with van der Waals surface area (Å²) in [6.45, 7) is 0. The van der Waals surface area contributed by atoms with Crippen molar-refractivity contribution in [1.29, 1.82) is 0 Å². The predicted molar refractivity (Wildman–Crippen MR) is 92.5 cm³/mol. The van der Waals surface area contributed by atoms with Crippen molar-refractivity contribution in [2.75, 3.05) is 5.32 Å². The summed E-state index contributed by atoms with van der Waals surface area (Å²) >= 11 is 0. The standard InChI is InChI=1S/C16H12N6O3/c17-15-18-13(9-5-1-4-8-12(9)22(24)25)21-11-7-3-2-6-10(11)14(23)19-16(21)20-15/h1-8,13H,(H3,17,18,19,20,23). The van der Waals surface area contributed by atoms with Gasteiger partial charge < -0.3 is 5.73 Å². The second-order valence-corrected chi connectivity index (χ2v) is 5.46. The van der Waals surface area contributed by atoms with E-state index in [-0.39, 0.29) is 17.6 Å². The van der Waals surface area contributed by atoms with Crippen molar-refractivity contribution in [3.8, 4) is 0 Å². The first-order valence-electron chi connectivity index (χ1n) is 7.41. The van der Waals surface area contributed by atoms with E-state index in [1.54, 1.807) is 47.0 Å². The predicted octanol–water partition coefficient (Wildman–Crippen LogP) is 1.59. The van der Waals surface area contributed by atoms with Gasteiger partial charge in [0.2, 0.25) is 5.95 Å². The topological polar surface area (TPSA) is 128 Å². The molecule has 9 nitrogen and oxygen atoms in total. The Morgan fingerprint density at radius 2 is 1.88 bits per heavy atom. The molecule has 2 aromatic carbocycles. The zero-order chi connectivity index (χ0) is 17.6. The Kier molecular flexibility index (Phi) is 3.21. The van der Waals surface area contributed by atoms with Crippen LogP contribution in [0.4, 0.5) is 11.6 Å². The lowest BCUT2D eigenvalue weighted by molar-refractivity contribution is -0.385. The summed E-state index contributed by atoms with van der Waals surface area (Å²) in [7, 11) is 0. The van der Waals surface area contributed by atoms with E-state index in [4.69, 9.17) is 5.73 Å². The van der Waals surface area contributed by atoms with E-state index >= 15 is 0 Å². The molecule has 4 rings (SSSR count). The van der Waals surface area contributed by atoms with Crippen LogP contribution in [0.5, 0.6) is 0 Å². The normalized spacial score (nSPS) is 16.0. The van der Waals surface area contributed by atoms with Gasteiger partial charge in [0.1, 0.15) is 0 Å². The maximum absolute atomic E-state index is 12.2. The molecule has 0 amide bonds. The minimum absolute atomic E-state index is 0.0327. The number of nitro benzene ring substituents is 1. The van der Waals surface area contributed by atoms with Crippen LogP contribution >= 0.6 is 0 Å². The van der Waals surface area contributed by atoms with Crippen LogP contribution in [0.25, 0.3) is 10.9 Å². The second kappa shape index (κ2) is 5.41. The Morgan fingerprint density at radius 3 is 2.68 bits per heavy atom. The molecule has 0 saturated heterocycles. The largest absolute Gasteiger partial charge is 0.370 e. The van der Waals surface area contributed by atoms with Gasteiger partial charge in [-0.3, -0.25) is 24.8 Å². The van der Waals surface area contributed by atoms with E-state index in [0.717, 1.165) is 0 Å². The molecular weight excluding hydrogens is 324 g/mol. The first-order valence-corrected chi connectivity index (χ1v) is 7.41. The number of anilines is 1. The first kappa shape index (κ1) is 14.8. The lowest BCUT2D eigenvalue weighted by Crippen LogP contribution is -2.35. The number of fused-ring (bicyclic) bond motifs is 3. The third kappa shape index (κ3) is 2.29. The number of hydrogen-bond acceptors (Lipinski definition) is 7. The summed E-state index contributed by atoms with van der Waals surface area (Å²) in [5, 5.41) is 14.6. The van der Waals surface area contributed by atoms with Crippen molar-refractivity contribution in [2.45, 2.75) is 6.17 Å². The Bertz CT molecular complexity index is 1100. The van der Waals surface area contributed by atoms with Crippen molar-refractivity contribution in [1.82, 2.24) is 9.55 Å². The number of nitrogens with zero attached hydrogens (tertiary/aromatic N) is 4. The molecule has 0 saturated carbocycles. The molecule has 1 aromatic heterocycles. The SMILES string of the molecule is NC1=NC(c2ccccc2[N+](=O)[O-])n2c(nc(=O)c3ccccc32)N1. The number of hydrogen-bond donors (Lipinski definition) is 2. The van der Waals surface area contributed by atoms with Crippen LogP contribution in [0.2, 0.25) is 0 Å². The van der Waals surface area contributed by atoms with Gasteiger partial charge in [-0.25, -0.2) is 4.99 Å². The number of aliphatic imine (C=N–C) groups is 1. The van der Waals surface area contributed by atoms with Crippen LogP contribution in [0.15, 0.2) is 58.3 Å². The summed E-state index contributed by atoms with van der Waals surface area (Å²) < 4.78 is 1.63. The van der Waals surface area contributed by atoms with Crippen molar-refractivity contribution < 1.29 is 4.92 Å². The van der Waals surface area contributed by atoms with Gasteiger partial charge in [0.15, 0.2) is 12.1 Å². The fourth-order valence-corrected chi connectivity index (χ4v) is 2.94. The second-order valence-electron chi connectivity index (χ2n) is 5.46. The Labute approximate surface area is 140 Å². The molecule has 3 N–H and O–H groups in total. The Balaban J connectivity index is 2.07. The average Bonchev–Trinajstić information content (AvgIpc) is 2.61. The van der Waals surface area contributed by atoms with Crippen LogP contribution in [-0.2, 0) is 0 Å². The van der Waals surface area contributed by atoms with Gasteiger partial charge in [-0.1, -0.05) is 24.3 Å². The van der Waals surface area contributed by atoms with E-state index in [0.29, 0.717) is 16.5 Å². The minimum Gasteiger partial charge on any atom is -0.370 e. The summed E-state index contributed by atoms with van der Waals surface area (Å²) in [5.41, 5.74) is 6.23. The number of nitro groups is 1. The van der Waals surface area contributed by atoms with Crippen molar-refractivity contribution in [3.63, 3.8) is 0 Å². The number of para-hydroxylation sites is 2. The van der Waals surface area contributed by atoms with Crippen molar-refractivity contribution in [2.24, 2.45) is 10.7 Å². The van der Waals surface area contributed by atoms with Crippen molar-refractivity contribution >= 4 is 28.5 Å². The Hall–Kier alpha value is -3.75. The molecule has 0 spiro atoms. The van der Waals surface area contributed by atoms with Gasteiger partial charge in [-0.2, -0.15) is 4.98 Å². The van der Waals surface area contributed by atoms with Crippen LogP contribution in [0, 0.1) is 10.1 Å². The molecule has 0 bridgehead atoms. The molecule has 9 heteroatoms. The van der Waals surface area contributed by atoms with Gasteiger partial charge in [0, 0.05) is 6.07 Å². The van der Waals surface area contributed by atoms with E-state index in [1.165, 1.54) is 6.07 Å². The fraction of sp³-hybridized carbons (Fsp3) is 0.0625. The summed E-state index contributed by atoms with van der Waals surface area (Å²) in [4.78, 5) is 31.5. The lowest BCUT2D eigenvalue weighted by Gasteiger charge is -2.26. The van der Waals surface area contributed by atoms with Crippen molar-refractivity contribution in [3.05, 3.63) is 74.6 Å². The van der Waals surface area contributed by atoms with Crippen LogP contribution < -0.4 is 16.6 Å². The maximum atomic E-state index is 12.2. The highest BCUT2D eigenvalue weighted by Gasteiger charge is 2.29. The smallest absolute Gasteiger partial charge is 0.282 e. The number of guanidine groups is 1. The van der Waals surface area contributed by atoms with Gasteiger partial charge >= 0.3 is 0 Å². The van der Waals surface area contributed by atoms with E-state index in [1.807, 2.05) is 0 Å². The van der Waals surface area contributed by atoms with Crippen LogP contribution in [-0.4, -0.2) is 20.4 Å². The number of benzene rings is 2. The van der Waals surface area contributed by atoms with Gasteiger partial charge in [0.25, 0.3) is 11.2 Å². The molecule has 1 atom stereocenters. The molecule has 3 aromatic rings. The van der Waals surface area contributed by atoms with Gasteiger partial charge in [-0.15, -0.1) is 0 Å². The fourth-order valence-electron chi connectivity index (χ4n) is 2.94. The molecule has 0 aliphatic carbocycles. The molecule has 2 heterocycles. The van der Waals surface area contributed by atoms with Gasteiger partial charge in [0.05, 0.1) is 21.4 Å².